The summed E-state index contributed by atoms with van der Waals surface area (Å²) in [5, 5.41) is 41.9. The summed E-state index contributed by atoms with van der Waals surface area (Å²) in [5.74, 6) is 0. The van der Waals surface area contributed by atoms with Crippen molar-refractivity contribution in [2.24, 2.45) is 0 Å². The van der Waals surface area contributed by atoms with E-state index in [-0.39, 0.29) is 22.5 Å². The molecule has 0 aliphatic heterocycles. The molecule has 0 spiro atoms. The van der Waals surface area contributed by atoms with E-state index in [9.17, 15) is 21.0 Å². The first-order valence-electron chi connectivity index (χ1n) is 19.5. The molecule has 0 unspecified atom stereocenters. The summed E-state index contributed by atoms with van der Waals surface area (Å²) in [6.45, 7) is 0. The molecule has 9 heteroatoms. The van der Waals surface area contributed by atoms with E-state index in [2.05, 4.69) is 24.3 Å². The Morgan fingerprint density at radius 3 is 1.11 bits per heavy atom. The van der Waals surface area contributed by atoms with Crippen molar-refractivity contribution in [1.82, 2.24) is 9.13 Å². The van der Waals surface area contributed by atoms with E-state index in [1.807, 2.05) is 84.9 Å². The van der Waals surface area contributed by atoms with E-state index < -0.39 is 11.7 Å². The molecule has 0 atom stereocenters. The number of hydrogen-bond donors (Lipinski definition) is 0. The van der Waals surface area contributed by atoms with Gasteiger partial charge in [-0.25, -0.2) is 0 Å². The monoisotopic (exact) mass is 804 g/mol. The Hall–Kier alpha value is -8.89. The van der Waals surface area contributed by atoms with Crippen LogP contribution >= 0.6 is 0 Å². The number of nitriles is 4. The number of benzene rings is 8. The lowest BCUT2D eigenvalue weighted by atomic mass is 9.96. The van der Waals surface area contributed by atoms with Gasteiger partial charge in [0.2, 0.25) is 0 Å². The molecule has 10 aromatic rings. The Labute approximate surface area is 352 Å². The summed E-state index contributed by atoms with van der Waals surface area (Å²) in [5.41, 5.74) is 6.11. The molecule has 0 N–H and O–H groups in total. The molecule has 10 rings (SSSR count). The maximum absolute atomic E-state index is 16.5. The van der Waals surface area contributed by atoms with Crippen molar-refractivity contribution in [2.75, 3.05) is 0 Å². The van der Waals surface area contributed by atoms with Crippen LogP contribution in [0.1, 0.15) is 27.8 Å². The van der Waals surface area contributed by atoms with Gasteiger partial charge in [-0.15, -0.1) is 0 Å². The Bertz CT molecular complexity index is 3430. The number of nitrogens with zero attached hydrogens (tertiary/aromatic N) is 6. The van der Waals surface area contributed by atoms with Gasteiger partial charge in [0.15, 0.2) is 0 Å². The standard InChI is InChI=1S/C53H27F3N6/c54-53(55,56)52-50(61-46-7-3-1-5-42(46)44-19-17-38(24-48(44)61)36-13-9-32(28-57)10-14-36)26-41(40-22-34(30-59)21-35(23-40)31-60)27-51(52)62-47-8-4-2-6-43(47)45-20-18-39(25-49(45)62)37-15-11-33(29-58)12-16-37/h1-27H. The highest BCUT2D eigenvalue weighted by Crippen LogP contribution is 2.47. The molecule has 2 heterocycles. The molecular weight excluding hydrogens is 778 g/mol. The fraction of sp³-hybridized carbons (Fsp3) is 0.0189. The third kappa shape index (κ3) is 6.09. The van der Waals surface area contributed by atoms with Crippen LogP contribution in [0.2, 0.25) is 0 Å². The minimum Gasteiger partial charge on any atom is -0.309 e. The zero-order valence-corrected chi connectivity index (χ0v) is 32.4. The minimum atomic E-state index is -4.92. The van der Waals surface area contributed by atoms with Gasteiger partial charge in [-0.2, -0.15) is 34.2 Å². The first kappa shape index (κ1) is 37.4. The van der Waals surface area contributed by atoms with Crippen LogP contribution in [0.4, 0.5) is 13.2 Å². The molecule has 0 aliphatic carbocycles. The minimum absolute atomic E-state index is 0.150. The van der Waals surface area contributed by atoms with Crippen LogP contribution in [0.25, 0.3) is 88.4 Å². The Morgan fingerprint density at radius 2 is 0.710 bits per heavy atom. The highest BCUT2D eigenvalue weighted by Gasteiger charge is 2.39. The molecule has 290 valence electrons. The smallest absolute Gasteiger partial charge is 0.309 e. The second-order valence-electron chi connectivity index (χ2n) is 15.0. The number of alkyl halides is 3. The van der Waals surface area contributed by atoms with E-state index in [1.54, 1.807) is 69.8 Å². The molecular formula is C53H27F3N6. The van der Waals surface area contributed by atoms with Crippen LogP contribution < -0.4 is 0 Å². The fourth-order valence-corrected chi connectivity index (χ4v) is 8.64. The third-order valence-corrected chi connectivity index (χ3v) is 11.4. The van der Waals surface area contributed by atoms with Gasteiger partial charge < -0.3 is 9.13 Å². The van der Waals surface area contributed by atoms with Crippen molar-refractivity contribution in [3.63, 3.8) is 0 Å². The zero-order valence-electron chi connectivity index (χ0n) is 32.4. The van der Waals surface area contributed by atoms with Crippen molar-refractivity contribution in [1.29, 1.82) is 21.0 Å². The van der Waals surface area contributed by atoms with Crippen LogP contribution in [-0.4, -0.2) is 9.13 Å². The van der Waals surface area contributed by atoms with Crippen LogP contribution in [0.3, 0.4) is 0 Å². The summed E-state index contributed by atoms with van der Waals surface area (Å²) in [6, 6.07) is 56.3. The second kappa shape index (κ2) is 14.4. The van der Waals surface area contributed by atoms with Gasteiger partial charge in [-0.3, -0.25) is 0 Å². The topological polar surface area (TPSA) is 105 Å². The van der Waals surface area contributed by atoms with Gasteiger partial charge >= 0.3 is 6.18 Å². The van der Waals surface area contributed by atoms with Crippen molar-refractivity contribution in [2.45, 2.75) is 6.18 Å². The normalized spacial score (nSPS) is 11.4. The molecule has 0 fully saturated rings. The molecule has 6 nitrogen and oxygen atoms in total. The molecule has 0 saturated carbocycles. The quantitative estimate of drug-likeness (QED) is 0.173. The summed E-state index contributed by atoms with van der Waals surface area (Å²) in [4.78, 5) is 0. The van der Waals surface area contributed by atoms with Crippen molar-refractivity contribution < 1.29 is 13.2 Å². The lowest BCUT2D eigenvalue weighted by Gasteiger charge is -2.23. The number of para-hydroxylation sites is 2. The van der Waals surface area contributed by atoms with E-state index >= 15 is 13.2 Å². The molecule has 62 heavy (non-hydrogen) atoms. The van der Waals surface area contributed by atoms with Crippen molar-refractivity contribution in [3.05, 3.63) is 192 Å². The Kier molecular flexibility index (Phi) is 8.70. The largest absolute Gasteiger partial charge is 0.420 e. The van der Waals surface area contributed by atoms with Crippen molar-refractivity contribution in [3.8, 4) is 69.0 Å². The molecule has 2 aromatic heterocycles. The fourth-order valence-electron chi connectivity index (χ4n) is 8.64. The maximum atomic E-state index is 16.5. The summed E-state index contributed by atoms with van der Waals surface area (Å²) < 4.78 is 52.9. The zero-order chi connectivity index (χ0) is 42.7. The Balaban J connectivity index is 1.36. The molecule has 0 saturated heterocycles. The Morgan fingerprint density at radius 1 is 0.339 bits per heavy atom. The van der Waals surface area contributed by atoms with E-state index in [0.29, 0.717) is 44.3 Å². The summed E-state index contributed by atoms with van der Waals surface area (Å²) >= 11 is 0. The van der Waals surface area contributed by atoms with E-state index in [0.717, 1.165) is 43.8 Å². The van der Waals surface area contributed by atoms with Gasteiger partial charge in [-0.05, 0) is 112 Å². The van der Waals surface area contributed by atoms with Gasteiger partial charge in [0.1, 0.15) is 5.56 Å². The summed E-state index contributed by atoms with van der Waals surface area (Å²) in [7, 11) is 0. The number of hydrogen-bond acceptors (Lipinski definition) is 4. The summed E-state index contributed by atoms with van der Waals surface area (Å²) in [6.07, 6.45) is -4.92. The third-order valence-electron chi connectivity index (χ3n) is 11.4. The average Bonchev–Trinajstić information content (AvgIpc) is 3.82. The first-order valence-corrected chi connectivity index (χ1v) is 19.5. The first-order chi connectivity index (χ1) is 30.2. The van der Waals surface area contributed by atoms with Gasteiger partial charge in [0.25, 0.3) is 0 Å². The van der Waals surface area contributed by atoms with Gasteiger partial charge in [0, 0.05) is 21.5 Å². The van der Waals surface area contributed by atoms with Crippen LogP contribution in [0.5, 0.6) is 0 Å². The van der Waals surface area contributed by atoms with Crippen LogP contribution in [0.15, 0.2) is 164 Å². The maximum Gasteiger partial charge on any atom is 0.420 e. The molecule has 8 aromatic carbocycles. The van der Waals surface area contributed by atoms with E-state index in [1.165, 1.54) is 18.2 Å². The molecule has 0 bridgehead atoms. The lowest BCUT2D eigenvalue weighted by Crippen LogP contribution is -2.16. The number of aromatic nitrogens is 2. The highest BCUT2D eigenvalue weighted by atomic mass is 19.4. The molecule has 0 radical (unpaired) electrons. The predicted molar refractivity (Wildman–Crippen MR) is 235 cm³/mol. The van der Waals surface area contributed by atoms with Gasteiger partial charge in [-0.1, -0.05) is 84.9 Å². The molecule has 0 aliphatic rings. The number of fused-ring (bicyclic) bond motifs is 6. The van der Waals surface area contributed by atoms with Crippen LogP contribution in [0, 0.1) is 45.3 Å². The predicted octanol–water partition coefficient (Wildman–Crippen LogP) is 13.4. The van der Waals surface area contributed by atoms with Crippen LogP contribution in [-0.2, 0) is 6.18 Å². The number of halogens is 3. The number of rotatable bonds is 5. The average molecular weight is 805 g/mol. The van der Waals surface area contributed by atoms with Gasteiger partial charge in [0.05, 0.1) is 80.0 Å². The molecule has 0 amide bonds. The second-order valence-corrected chi connectivity index (χ2v) is 15.0. The SMILES string of the molecule is N#Cc1ccc(-c2ccc3c4ccccc4n(-c4cc(-c5cc(C#N)cc(C#N)c5)cc(-n5c6ccccc6c6ccc(-c7ccc(C#N)cc7)cc65)c4C(F)(F)F)c3c2)cc1. The highest BCUT2D eigenvalue weighted by molar-refractivity contribution is 6.12. The lowest BCUT2D eigenvalue weighted by molar-refractivity contribution is -0.137. The van der Waals surface area contributed by atoms with Crippen molar-refractivity contribution >= 4 is 43.6 Å². The van der Waals surface area contributed by atoms with E-state index in [4.69, 9.17) is 0 Å².